The van der Waals surface area contributed by atoms with E-state index in [1.54, 1.807) is 19.1 Å². The highest BCUT2D eigenvalue weighted by atomic mass is 32.2. The van der Waals surface area contributed by atoms with E-state index in [-0.39, 0.29) is 24.2 Å². The summed E-state index contributed by atoms with van der Waals surface area (Å²) in [5.41, 5.74) is 6.75. The van der Waals surface area contributed by atoms with Crippen LogP contribution >= 0.6 is 0 Å². The van der Waals surface area contributed by atoms with E-state index < -0.39 is 9.84 Å². The smallest absolute Gasteiger partial charge is 0.153 e. The molecule has 0 aliphatic carbocycles. The Bertz CT molecular complexity index is 437. The molecule has 1 atom stereocenters. The number of rotatable bonds is 6. The Balaban J connectivity index is 2.48. The van der Waals surface area contributed by atoms with Gasteiger partial charge in [0.15, 0.2) is 9.84 Å². The molecule has 5 heteroatoms. The zero-order valence-electron chi connectivity index (χ0n) is 10.2. The summed E-state index contributed by atoms with van der Waals surface area (Å²) in [5.74, 6) is 0.874. The van der Waals surface area contributed by atoms with E-state index in [2.05, 4.69) is 0 Å². The lowest BCUT2D eigenvalue weighted by molar-refractivity contribution is 0.341. The summed E-state index contributed by atoms with van der Waals surface area (Å²) < 4.78 is 27.8. The Morgan fingerprint density at radius 2 is 1.88 bits per heavy atom. The van der Waals surface area contributed by atoms with Crippen molar-refractivity contribution in [1.29, 1.82) is 0 Å². The molecule has 1 rings (SSSR count). The molecule has 0 fully saturated rings. The molecule has 1 aromatic carbocycles. The molecular weight excluding hydrogens is 238 g/mol. The van der Waals surface area contributed by atoms with Gasteiger partial charge in [-0.1, -0.05) is 19.1 Å². The number of sulfone groups is 1. The molecule has 17 heavy (non-hydrogen) atoms. The minimum atomic E-state index is -2.96. The summed E-state index contributed by atoms with van der Waals surface area (Å²) in [6.45, 7) is 3.73. The van der Waals surface area contributed by atoms with Gasteiger partial charge in [-0.25, -0.2) is 8.42 Å². The third-order valence-corrected chi connectivity index (χ3v) is 4.18. The van der Waals surface area contributed by atoms with Crippen LogP contribution in [0.1, 0.15) is 25.5 Å². The van der Waals surface area contributed by atoms with E-state index in [0.717, 1.165) is 5.56 Å². The highest BCUT2D eigenvalue weighted by Gasteiger charge is 2.07. The molecule has 1 aromatic rings. The van der Waals surface area contributed by atoms with Gasteiger partial charge in [-0.3, -0.25) is 0 Å². The van der Waals surface area contributed by atoms with Gasteiger partial charge in [-0.15, -0.1) is 0 Å². The van der Waals surface area contributed by atoms with Crippen LogP contribution in [0.3, 0.4) is 0 Å². The van der Waals surface area contributed by atoms with Crippen molar-refractivity contribution in [3.8, 4) is 5.75 Å². The summed E-state index contributed by atoms with van der Waals surface area (Å²) >= 11 is 0. The summed E-state index contributed by atoms with van der Waals surface area (Å²) in [6, 6.07) is 7.36. The highest BCUT2D eigenvalue weighted by Crippen LogP contribution is 2.15. The fourth-order valence-corrected chi connectivity index (χ4v) is 1.92. The van der Waals surface area contributed by atoms with Gasteiger partial charge >= 0.3 is 0 Å². The van der Waals surface area contributed by atoms with Gasteiger partial charge in [0.05, 0.1) is 5.75 Å². The molecule has 0 heterocycles. The normalized spacial score (nSPS) is 13.4. The first-order chi connectivity index (χ1) is 7.94. The lowest BCUT2D eigenvalue weighted by Gasteiger charge is -2.08. The van der Waals surface area contributed by atoms with Crippen LogP contribution < -0.4 is 10.5 Å². The number of benzene rings is 1. The number of ether oxygens (including phenoxy) is 1. The van der Waals surface area contributed by atoms with Crippen molar-refractivity contribution in [3.05, 3.63) is 29.8 Å². The minimum Gasteiger partial charge on any atom is -0.493 e. The molecule has 96 valence electrons. The molecule has 0 saturated heterocycles. The fraction of sp³-hybridized carbons (Fsp3) is 0.500. The molecule has 0 spiro atoms. The Morgan fingerprint density at radius 1 is 1.29 bits per heavy atom. The van der Waals surface area contributed by atoms with E-state index in [9.17, 15) is 8.42 Å². The van der Waals surface area contributed by atoms with E-state index in [1.165, 1.54) is 0 Å². The summed E-state index contributed by atoms with van der Waals surface area (Å²) in [4.78, 5) is 0. The number of hydrogen-bond donors (Lipinski definition) is 1. The molecule has 0 amide bonds. The highest BCUT2D eigenvalue weighted by molar-refractivity contribution is 7.91. The van der Waals surface area contributed by atoms with Crippen molar-refractivity contribution in [2.75, 3.05) is 18.1 Å². The number of nitrogens with two attached hydrogens (primary N) is 1. The molecule has 4 nitrogen and oxygen atoms in total. The SMILES string of the molecule is CCS(=O)(=O)CCOc1ccc([C@@H](C)N)cc1. The number of hydrogen-bond acceptors (Lipinski definition) is 4. The second-order valence-corrected chi connectivity index (χ2v) is 6.42. The Kier molecular flexibility index (Phi) is 4.96. The molecular formula is C12H19NO3S. The van der Waals surface area contributed by atoms with Crippen LogP contribution in [0, 0.1) is 0 Å². The summed E-state index contributed by atoms with van der Waals surface area (Å²) in [7, 11) is -2.96. The minimum absolute atomic E-state index is 0.00970. The standard InChI is InChI=1S/C12H19NO3S/c1-3-17(14,15)9-8-16-12-6-4-11(5-7-12)10(2)13/h4-7,10H,3,8-9,13H2,1-2H3/t10-/m1/s1. The van der Waals surface area contributed by atoms with Crippen LogP contribution in [0.4, 0.5) is 0 Å². The maximum Gasteiger partial charge on any atom is 0.153 e. The Morgan fingerprint density at radius 3 is 2.35 bits per heavy atom. The molecule has 0 bridgehead atoms. The predicted octanol–water partition coefficient (Wildman–Crippen LogP) is 1.52. The second kappa shape index (κ2) is 6.02. The topological polar surface area (TPSA) is 69.4 Å². The van der Waals surface area contributed by atoms with Gasteiger partial charge in [0.1, 0.15) is 12.4 Å². The van der Waals surface area contributed by atoms with Crippen LogP contribution in [-0.4, -0.2) is 26.5 Å². The first kappa shape index (κ1) is 14.0. The second-order valence-electron chi connectivity index (χ2n) is 3.94. The van der Waals surface area contributed by atoms with Crippen molar-refractivity contribution in [2.24, 2.45) is 5.73 Å². The predicted molar refractivity (Wildman–Crippen MR) is 68.9 cm³/mol. The fourth-order valence-electron chi connectivity index (χ4n) is 1.30. The maximum absolute atomic E-state index is 11.2. The van der Waals surface area contributed by atoms with Crippen LogP contribution in [0.25, 0.3) is 0 Å². The van der Waals surface area contributed by atoms with Gasteiger partial charge in [-0.05, 0) is 24.6 Å². The molecule has 0 radical (unpaired) electrons. The van der Waals surface area contributed by atoms with Crippen molar-refractivity contribution >= 4 is 9.84 Å². The first-order valence-electron chi connectivity index (χ1n) is 5.63. The van der Waals surface area contributed by atoms with Gasteiger partial charge in [0.25, 0.3) is 0 Å². The van der Waals surface area contributed by atoms with Crippen molar-refractivity contribution in [2.45, 2.75) is 19.9 Å². The quantitative estimate of drug-likeness (QED) is 0.839. The lowest BCUT2D eigenvalue weighted by Crippen LogP contribution is -2.15. The van der Waals surface area contributed by atoms with Crippen molar-refractivity contribution < 1.29 is 13.2 Å². The molecule has 0 saturated carbocycles. The van der Waals surface area contributed by atoms with E-state index >= 15 is 0 Å². The van der Waals surface area contributed by atoms with Gasteiger partial charge in [0, 0.05) is 11.8 Å². The third-order valence-electron chi connectivity index (χ3n) is 2.51. The van der Waals surface area contributed by atoms with Crippen LogP contribution in [0.2, 0.25) is 0 Å². The van der Waals surface area contributed by atoms with E-state index in [4.69, 9.17) is 10.5 Å². The van der Waals surface area contributed by atoms with E-state index in [1.807, 2.05) is 19.1 Å². The van der Waals surface area contributed by atoms with Gasteiger partial charge < -0.3 is 10.5 Å². The average molecular weight is 257 g/mol. The molecule has 0 aliphatic rings. The summed E-state index contributed by atoms with van der Waals surface area (Å²) in [6.07, 6.45) is 0. The monoisotopic (exact) mass is 257 g/mol. The largest absolute Gasteiger partial charge is 0.493 e. The average Bonchev–Trinajstić information content (AvgIpc) is 2.29. The van der Waals surface area contributed by atoms with Crippen LogP contribution in [0.15, 0.2) is 24.3 Å². The molecule has 2 N–H and O–H groups in total. The van der Waals surface area contributed by atoms with Gasteiger partial charge in [-0.2, -0.15) is 0 Å². The van der Waals surface area contributed by atoms with Gasteiger partial charge in [0.2, 0.25) is 0 Å². The Hall–Kier alpha value is -1.07. The zero-order valence-corrected chi connectivity index (χ0v) is 11.0. The first-order valence-corrected chi connectivity index (χ1v) is 7.45. The van der Waals surface area contributed by atoms with E-state index in [0.29, 0.717) is 5.75 Å². The zero-order chi connectivity index (χ0) is 12.9. The van der Waals surface area contributed by atoms with Crippen LogP contribution in [0.5, 0.6) is 5.75 Å². The van der Waals surface area contributed by atoms with Crippen molar-refractivity contribution in [3.63, 3.8) is 0 Å². The Labute approximate surface area is 103 Å². The van der Waals surface area contributed by atoms with Crippen molar-refractivity contribution in [1.82, 2.24) is 0 Å². The molecule has 0 unspecified atom stereocenters. The molecule has 0 aliphatic heterocycles. The lowest BCUT2D eigenvalue weighted by atomic mass is 10.1. The summed E-state index contributed by atoms with van der Waals surface area (Å²) in [5, 5.41) is 0. The molecule has 0 aromatic heterocycles. The third kappa shape index (κ3) is 4.75. The maximum atomic E-state index is 11.2. The van der Waals surface area contributed by atoms with Crippen LogP contribution in [-0.2, 0) is 9.84 Å².